The first kappa shape index (κ1) is 17.8. The van der Waals surface area contributed by atoms with Gasteiger partial charge in [0.2, 0.25) is 5.16 Å². The van der Waals surface area contributed by atoms with Crippen molar-refractivity contribution in [1.29, 1.82) is 0 Å². The minimum atomic E-state index is -0.399. The first-order chi connectivity index (χ1) is 13.1. The van der Waals surface area contributed by atoms with Crippen molar-refractivity contribution in [1.82, 2.24) is 14.8 Å². The molecule has 4 aromatic rings. The van der Waals surface area contributed by atoms with Crippen molar-refractivity contribution in [2.75, 3.05) is 0 Å². The SMILES string of the molecule is C=CCn1nc(Sc2cc3ccccc3oc2=O)nc1-c1ccc(Br)cc1. The average molecular weight is 440 g/mol. The lowest BCUT2D eigenvalue weighted by Crippen LogP contribution is -2.02. The fourth-order valence-corrected chi connectivity index (χ4v) is 3.68. The molecule has 4 rings (SSSR count). The smallest absolute Gasteiger partial charge is 0.350 e. The van der Waals surface area contributed by atoms with Gasteiger partial charge in [0.15, 0.2) is 5.82 Å². The number of hydrogen-bond donors (Lipinski definition) is 0. The summed E-state index contributed by atoms with van der Waals surface area (Å²) in [4.78, 5) is 17.4. The second-order valence-corrected chi connectivity index (χ2v) is 7.66. The Bertz CT molecular complexity index is 1180. The standard InChI is InChI=1S/C20H14BrN3O2S/c1-2-11-24-18(13-7-9-15(21)10-8-13)22-20(23-24)27-17-12-14-5-3-4-6-16(14)26-19(17)25/h2-10,12H,1,11H2. The maximum atomic E-state index is 12.3. The molecule has 0 amide bonds. The Balaban J connectivity index is 1.73. The van der Waals surface area contributed by atoms with Crippen molar-refractivity contribution in [2.24, 2.45) is 0 Å². The molecule has 0 saturated carbocycles. The summed E-state index contributed by atoms with van der Waals surface area (Å²) in [6, 6.07) is 17.0. The molecular weight excluding hydrogens is 426 g/mol. The van der Waals surface area contributed by atoms with Gasteiger partial charge in [0.05, 0.1) is 6.54 Å². The van der Waals surface area contributed by atoms with Crippen molar-refractivity contribution in [3.63, 3.8) is 0 Å². The molecule has 0 saturated heterocycles. The van der Waals surface area contributed by atoms with Crippen LogP contribution in [0.2, 0.25) is 0 Å². The minimum Gasteiger partial charge on any atom is -0.422 e. The van der Waals surface area contributed by atoms with Crippen LogP contribution in [-0.4, -0.2) is 14.8 Å². The van der Waals surface area contributed by atoms with E-state index >= 15 is 0 Å². The number of nitrogens with zero attached hydrogens (tertiary/aromatic N) is 3. The molecule has 2 aromatic carbocycles. The molecule has 0 fully saturated rings. The summed E-state index contributed by atoms with van der Waals surface area (Å²) < 4.78 is 8.14. The molecule has 0 bridgehead atoms. The van der Waals surface area contributed by atoms with Gasteiger partial charge in [-0.2, -0.15) is 0 Å². The number of halogens is 1. The molecule has 27 heavy (non-hydrogen) atoms. The maximum absolute atomic E-state index is 12.3. The van der Waals surface area contributed by atoms with Crippen LogP contribution >= 0.6 is 27.7 Å². The maximum Gasteiger partial charge on any atom is 0.350 e. The van der Waals surface area contributed by atoms with Crippen LogP contribution in [0.1, 0.15) is 0 Å². The lowest BCUT2D eigenvalue weighted by molar-refractivity contribution is 0.543. The molecule has 0 spiro atoms. The van der Waals surface area contributed by atoms with Crippen LogP contribution in [0.4, 0.5) is 0 Å². The van der Waals surface area contributed by atoms with Crippen LogP contribution in [0, 0.1) is 0 Å². The van der Waals surface area contributed by atoms with Crippen LogP contribution in [0.3, 0.4) is 0 Å². The Hall–Kier alpha value is -2.64. The highest BCUT2D eigenvalue weighted by molar-refractivity contribution is 9.10. The van der Waals surface area contributed by atoms with E-state index in [1.54, 1.807) is 22.9 Å². The van der Waals surface area contributed by atoms with E-state index in [1.807, 2.05) is 42.5 Å². The molecule has 0 unspecified atom stereocenters. The number of hydrogen-bond acceptors (Lipinski definition) is 5. The summed E-state index contributed by atoms with van der Waals surface area (Å²) in [5, 5.41) is 5.86. The van der Waals surface area contributed by atoms with Gasteiger partial charge in [0.1, 0.15) is 10.5 Å². The Morgan fingerprint density at radius 1 is 1.19 bits per heavy atom. The summed E-state index contributed by atoms with van der Waals surface area (Å²) in [6.45, 7) is 4.30. The third-order valence-electron chi connectivity index (χ3n) is 3.87. The van der Waals surface area contributed by atoms with Crippen LogP contribution in [0.25, 0.3) is 22.4 Å². The summed E-state index contributed by atoms with van der Waals surface area (Å²) in [5.74, 6) is 0.718. The summed E-state index contributed by atoms with van der Waals surface area (Å²) in [7, 11) is 0. The minimum absolute atomic E-state index is 0.399. The molecule has 2 aromatic heterocycles. The van der Waals surface area contributed by atoms with Gasteiger partial charge >= 0.3 is 5.63 Å². The molecule has 0 aliphatic heterocycles. The van der Waals surface area contributed by atoms with E-state index in [1.165, 1.54) is 11.8 Å². The zero-order valence-corrected chi connectivity index (χ0v) is 16.5. The Kier molecular flexibility index (Phi) is 4.96. The average Bonchev–Trinajstić information content (AvgIpc) is 3.06. The Labute approximate surface area is 167 Å². The van der Waals surface area contributed by atoms with Gasteiger partial charge in [0, 0.05) is 15.4 Å². The third-order valence-corrected chi connectivity index (χ3v) is 5.26. The van der Waals surface area contributed by atoms with Gasteiger partial charge in [-0.1, -0.05) is 52.3 Å². The van der Waals surface area contributed by atoms with Gasteiger partial charge in [0.25, 0.3) is 0 Å². The van der Waals surface area contributed by atoms with Crippen LogP contribution in [0.5, 0.6) is 0 Å². The predicted octanol–water partition coefficient (Wildman–Crippen LogP) is 5.15. The second kappa shape index (κ2) is 7.54. The van der Waals surface area contributed by atoms with Crippen molar-refractivity contribution in [2.45, 2.75) is 16.6 Å². The zero-order valence-electron chi connectivity index (χ0n) is 14.1. The van der Waals surface area contributed by atoms with E-state index in [4.69, 9.17) is 4.42 Å². The van der Waals surface area contributed by atoms with Crippen molar-refractivity contribution >= 4 is 38.7 Å². The summed E-state index contributed by atoms with van der Waals surface area (Å²) in [5.41, 5.74) is 1.10. The molecule has 0 aliphatic carbocycles. The van der Waals surface area contributed by atoms with Crippen molar-refractivity contribution < 1.29 is 4.42 Å². The second-order valence-electron chi connectivity index (χ2n) is 5.73. The van der Waals surface area contributed by atoms with E-state index in [2.05, 4.69) is 32.6 Å². The van der Waals surface area contributed by atoms with Gasteiger partial charge in [-0.15, -0.1) is 11.7 Å². The Morgan fingerprint density at radius 3 is 2.74 bits per heavy atom. The van der Waals surface area contributed by atoms with E-state index in [0.717, 1.165) is 21.2 Å². The lowest BCUT2D eigenvalue weighted by Gasteiger charge is -2.02. The number of allylic oxidation sites excluding steroid dienone is 1. The molecule has 134 valence electrons. The van der Waals surface area contributed by atoms with Gasteiger partial charge in [-0.25, -0.2) is 14.5 Å². The van der Waals surface area contributed by atoms with Crippen molar-refractivity contribution in [3.8, 4) is 11.4 Å². The van der Waals surface area contributed by atoms with Gasteiger partial charge in [-0.3, -0.25) is 0 Å². The highest BCUT2D eigenvalue weighted by Gasteiger charge is 2.15. The summed E-state index contributed by atoms with van der Waals surface area (Å²) >= 11 is 4.63. The quantitative estimate of drug-likeness (QED) is 0.317. The van der Waals surface area contributed by atoms with Crippen molar-refractivity contribution in [3.05, 3.63) is 82.1 Å². The first-order valence-electron chi connectivity index (χ1n) is 8.16. The fourth-order valence-electron chi connectivity index (χ4n) is 2.64. The monoisotopic (exact) mass is 439 g/mol. The number of fused-ring (bicyclic) bond motifs is 1. The molecule has 5 nitrogen and oxygen atoms in total. The van der Waals surface area contributed by atoms with Gasteiger partial charge < -0.3 is 4.42 Å². The molecule has 7 heteroatoms. The number of aromatic nitrogens is 3. The fraction of sp³-hybridized carbons (Fsp3) is 0.0500. The van der Waals surface area contributed by atoms with E-state index < -0.39 is 5.63 Å². The van der Waals surface area contributed by atoms with Gasteiger partial charge in [-0.05, 0) is 36.0 Å². The summed E-state index contributed by atoms with van der Waals surface area (Å²) in [6.07, 6.45) is 1.76. The van der Waals surface area contributed by atoms with Crippen LogP contribution < -0.4 is 5.63 Å². The molecule has 0 aliphatic rings. The zero-order chi connectivity index (χ0) is 18.8. The molecule has 0 radical (unpaired) electrons. The molecule has 0 N–H and O–H groups in total. The Morgan fingerprint density at radius 2 is 1.96 bits per heavy atom. The highest BCUT2D eigenvalue weighted by Crippen LogP contribution is 2.28. The van der Waals surface area contributed by atoms with Crippen LogP contribution in [-0.2, 0) is 6.54 Å². The topological polar surface area (TPSA) is 60.9 Å². The van der Waals surface area contributed by atoms with E-state index in [0.29, 0.717) is 22.2 Å². The number of rotatable bonds is 5. The predicted molar refractivity (Wildman–Crippen MR) is 110 cm³/mol. The molecular formula is C20H14BrN3O2S. The van der Waals surface area contributed by atoms with Crippen LogP contribution in [0.15, 0.2) is 91.0 Å². The number of para-hydroxylation sites is 1. The lowest BCUT2D eigenvalue weighted by atomic mass is 10.2. The highest BCUT2D eigenvalue weighted by atomic mass is 79.9. The largest absolute Gasteiger partial charge is 0.422 e. The number of benzene rings is 2. The molecule has 0 atom stereocenters. The van der Waals surface area contributed by atoms with E-state index in [9.17, 15) is 4.79 Å². The third kappa shape index (κ3) is 3.74. The molecule has 2 heterocycles. The normalized spacial score (nSPS) is 11.0. The first-order valence-corrected chi connectivity index (χ1v) is 9.77. The van der Waals surface area contributed by atoms with E-state index in [-0.39, 0.29) is 0 Å².